The van der Waals surface area contributed by atoms with Gasteiger partial charge in [-0.15, -0.1) is 0 Å². The molecule has 0 saturated carbocycles. The number of anilines is 2. The number of hydrogen-bond donors (Lipinski definition) is 2. The molecule has 0 atom stereocenters. The van der Waals surface area contributed by atoms with Crippen molar-refractivity contribution in [1.29, 1.82) is 0 Å². The zero-order valence-corrected chi connectivity index (χ0v) is 20.3. The molecule has 2 amide bonds. The number of nitrogens with one attached hydrogen (secondary N) is 1. The minimum absolute atomic E-state index is 0.0834. The van der Waals surface area contributed by atoms with E-state index in [-0.39, 0.29) is 17.5 Å². The van der Waals surface area contributed by atoms with Gasteiger partial charge in [0.2, 0.25) is 5.91 Å². The maximum Gasteiger partial charge on any atom is 0.415 e. The van der Waals surface area contributed by atoms with E-state index in [0.29, 0.717) is 35.3 Å². The molecule has 0 radical (unpaired) electrons. The van der Waals surface area contributed by atoms with Gasteiger partial charge in [-0.3, -0.25) is 9.69 Å². The molecular weight excluding hydrogens is 434 g/mol. The first-order chi connectivity index (χ1) is 16.0. The highest BCUT2D eigenvalue weighted by atomic mass is 16.6. The standard InChI is InChI=1S/C24H29N7O3/c1-15(32)26-13-12-17-9-7-8-16(28-17)10-11-18-20-19(27-14-30(20)5)22(29-21(18)25)31(6)23(33)34-24(2,3)4/h7-9,14H,12-13H2,1-6H3,(H2,25,29)(H,26,32). The van der Waals surface area contributed by atoms with Gasteiger partial charge >= 0.3 is 6.09 Å². The lowest BCUT2D eigenvalue weighted by Gasteiger charge is -2.24. The van der Waals surface area contributed by atoms with Crippen molar-refractivity contribution in [3.8, 4) is 11.8 Å². The third-order valence-corrected chi connectivity index (χ3v) is 4.73. The maximum atomic E-state index is 12.6. The Morgan fingerprint density at radius 1 is 1.24 bits per heavy atom. The third kappa shape index (κ3) is 5.81. The average molecular weight is 464 g/mol. The Labute approximate surface area is 198 Å². The lowest BCUT2D eigenvalue weighted by molar-refractivity contribution is -0.118. The monoisotopic (exact) mass is 463 g/mol. The van der Waals surface area contributed by atoms with Crippen LogP contribution in [0.15, 0.2) is 24.5 Å². The number of nitrogen functional groups attached to an aromatic ring is 1. The number of nitrogens with two attached hydrogens (primary N) is 1. The van der Waals surface area contributed by atoms with Gasteiger partial charge in [0.15, 0.2) is 5.82 Å². The number of rotatable bonds is 4. The molecule has 0 saturated heterocycles. The molecule has 0 spiro atoms. The molecule has 10 nitrogen and oxygen atoms in total. The van der Waals surface area contributed by atoms with E-state index in [1.165, 1.54) is 11.8 Å². The van der Waals surface area contributed by atoms with Gasteiger partial charge in [-0.2, -0.15) is 0 Å². The summed E-state index contributed by atoms with van der Waals surface area (Å²) < 4.78 is 7.23. The second kappa shape index (κ2) is 9.79. The summed E-state index contributed by atoms with van der Waals surface area (Å²) in [5.74, 6) is 6.47. The maximum absolute atomic E-state index is 12.6. The van der Waals surface area contributed by atoms with Gasteiger partial charge in [0, 0.05) is 39.7 Å². The number of carbonyl (C=O) groups excluding carboxylic acids is 2. The minimum Gasteiger partial charge on any atom is -0.443 e. The molecule has 34 heavy (non-hydrogen) atoms. The van der Waals surface area contributed by atoms with Gasteiger partial charge in [-0.25, -0.2) is 19.7 Å². The number of fused-ring (bicyclic) bond motifs is 1. The SMILES string of the molecule is CC(=O)NCCc1cccc(C#Cc2c(N)nc(N(C)C(=O)OC(C)(C)C)c3ncn(C)c23)n1. The molecule has 0 unspecified atom stereocenters. The first kappa shape index (κ1) is 24.5. The second-order valence-electron chi connectivity index (χ2n) is 8.78. The van der Waals surface area contributed by atoms with E-state index in [2.05, 4.69) is 32.1 Å². The molecule has 0 aliphatic heterocycles. The largest absolute Gasteiger partial charge is 0.443 e. The molecule has 3 aromatic heterocycles. The summed E-state index contributed by atoms with van der Waals surface area (Å²) in [6.07, 6.45) is 1.64. The molecule has 10 heteroatoms. The zero-order valence-electron chi connectivity index (χ0n) is 20.3. The molecule has 0 bridgehead atoms. The van der Waals surface area contributed by atoms with E-state index >= 15 is 0 Å². The van der Waals surface area contributed by atoms with Gasteiger partial charge in [-0.1, -0.05) is 12.0 Å². The third-order valence-electron chi connectivity index (χ3n) is 4.73. The molecule has 3 rings (SSSR count). The number of carbonyl (C=O) groups is 2. The van der Waals surface area contributed by atoms with E-state index in [1.807, 2.05) is 19.2 Å². The van der Waals surface area contributed by atoms with Crippen molar-refractivity contribution in [3.63, 3.8) is 0 Å². The number of nitrogens with zero attached hydrogens (tertiary/aromatic N) is 5. The summed E-state index contributed by atoms with van der Waals surface area (Å²) in [4.78, 5) is 38.3. The first-order valence-electron chi connectivity index (χ1n) is 10.8. The number of hydrogen-bond acceptors (Lipinski definition) is 7. The van der Waals surface area contributed by atoms with E-state index in [9.17, 15) is 9.59 Å². The molecule has 3 N–H and O–H groups in total. The van der Waals surface area contributed by atoms with Crippen LogP contribution in [0.25, 0.3) is 11.0 Å². The Kier molecular flexibility index (Phi) is 7.05. The van der Waals surface area contributed by atoms with Crippen molar-refractivity contribution >= 4 is 34.7 Å². The molecule has 0 aliphatic rings. The summed E-state index contributed by atoms with van der Waals surface area (Å²) in [6, 6.07) is 5.54. The van der Waals surface area contributed by atoms with E-state index < -0.39 is 11.7 Å². The van der Waals surface area contributed by atoms with Crippen LogP contribution in [0, 0.1) is 11.8 Å². The quantitative estimate of drug-likeness (QED) is 0.569. The van der Waals surface area contributed by atoms with Gasteiger partial charge < -0.3 is 20.4 Å². The number of pyridine rings is 2. The highest BCUT2D eigenvalue weighted by Crippen LogP contribution is 2.29. The fourth-order valence-corrected chi connectivity index (χ4v) is 3.19. The van der Waals surface area contributed by atoms with Crippen LogP contribution in [0.1, 0.15) is 44.6 Å². The van der Waals surface area contributed by atoms with Crippen molar-refractivity contribution in [2.24, 2.45) is 7.05 Å². The van der Waals surface area contributed by atoms with Crippen molar-refractivity contribution < 1.29 is 14.3 Å². The predicted octanol–water partition coefficient (Wildman–Crippen LogP) is 2.40. The van der Waals surface area contributed by atoms with E-state index in [0.717, 1.165) is 5.69 Å². The lowest BCUT2D eigenvalue weighted by atomic mass is 10.2. The minimum atomic E-state index is -0.658. The Morgan fingerprint density at radius 2 is 1.97 bits per heavy atom. The van der Waals surface area contributed by atoms with E-state index in [1.54, 1.807) is 44.8 Å². The molecule has 3 aromatic rings. The fourth-order valence-electron chi connectivity index (χ4n) is 3.19. The van der Waals surface area contributed by atoms with Crippen LogP contribution in [-0.4, -0.2) is 50.7 Å². The number of aryl methyl sites for hydroxylation is 1. The molecular formula is C24H29N7O3. The van der Waals surface area contributed by atoms with Crippen LogP contribution in [-0.2, 0) is 23.0 Å². The van der Waals surface area contributed by atoms with Crippen LogP contribution in [0.3, 0.4) is 0 Å². The predicted molar refractivity (Wildman–Crippen MR) is 130 cm³/mol. The first-order valence-corrected chi connectivity index (χ1v) is 10.8. The average Bonchev–Trinajstić information content (AvgIpc) is 3.12. The Hall–Kier alpha value is -4.13. The van der Waals surface area contributed by atoms with Crippen LogP contribution < -0.4 is 16.0 Å². The summed E-state index contributed by atoms with van der Waals surface area (Å²) in [7, 11) is 3.38. The summed E-state index contributed by atoms with van der Waals surface area (Å²) >= 11 is 0. The summed E-state index contributed by atoms with van der Waals surface area (Å²) in [6.45, 7) is 7.34. The van der Waals surface area contributed by atoms with Crippen molar-refractivity contribution in [2.45, 2.75) is 39.7 Å². The highest BCUT2D eigenvalue weighted by Gasteiger charge is 2.25. The van der Waals surface area contributed by atoms with Crippen LogP contribution in [0.2, 0.25) is 0 Å². The van der Waals surface area contributed by atoms with Gasteiger partial charge in [0.1, 0.15) is 22.6 Å². The lowest BCUT2D eigenvalue weighted by Crippen LogP contribution is -2.34. The van der Waals surface area contributed by atoms with Crippen LogP contribution in [0.4, 0.5) is 16.4 Å². The Balaban J connectivity index is 1.96. The zero-order chi connectivity index (χ0) is 25.0. The van der Waals surface area contributed by atoms with Crippen molar-refractivity contribution in [1.82, 2.24) is 24.8 Å². The van der Waals surface area contributed by atoms with Crippen LogP contribution in [0.5, 0.6) is 0 Å². The Morgan fingerprint density at radius 3 is 2.65 bits per heavy atom. The topological polar surface area (TPSA) is 128 Å². The van der Waals surface area contributed by atoms with Crippen molar-refractivity contribution in [2.75, 3.05) is 24.2 Å². The van der Waals surface area contributed by atoms with Gasteiger partial charge in [-0.05, 0) is 38.8 Å². The smallest absolute Gasteiger partial charge is 0.415 e. The molecule has 3 heterocycles. The molecule has 0 aliphatic carbocycles. The van der Waals surface area contributed by atoms with Gasteiger partial charge in [0.05, 0.1) is 17.4 Å². The summed E-state index contributed by atoms with van der Waals surface area (Å²) in [5, 5.41) is 2.75. The summed E-state index contributed by atoms with van der Waals surface area (Å²) in [5.41, 5.74) is 8.60. The van der Waals surface area contributed by atoms with Gasteiger partial charge in [0.25, 0.3) is 0 Å². The van der Waals surface area contributed by atoms with Crippen LogP contribution >= 0.6 is 0 Å². The Bertz CT molecular complexity index is 1300. The number of amides is 2. The highest BCUT2D eigenvalue weighted by molar-refractivity contribution is 6.00. The molecule has 0 fully saturated rings. The number of aromatic nitrogens is 4. The van der Waals surface area contributed by atoms with Crippen molar-refractivity contribution in [3.05, 3.63) is 41.5 Å². The number of ether oxygens (including phenoxy) is 1. The molecule has 178 valence electrons. The second-order valence-corrected chi connectivity index (χ2v) is 8.78. The normalized spacial score (nSPS) is 11.0. The van der Waals surface area contributed by atoms with E-state index in [4.69, 9.17) is 10.5 Å². The number of imidazole rings is 1. The molecule has 0 aromatic carbocycles. The fraction of sp³-hybridized carbons (Fsp3) is 0.375.